The molecule has 0 aromatic heterocycles. The second kappa shape index (κ2) is 24.6. The molecule has 0 bridgehead atoms. The lowest BCUT2D eigenvalue weighted by molar-refractivity contribution is -0.141. The molecule has 0 aliphatic carbocycles. The lowest BCUT2D eigenvalue weighted by Crippen LogP contribution is -2.59. The first-order chi connectivity index (χ1) is 25.8. The number of ketones is 1. The van der Waals surface area contributed by atoms with E-state index in [1.54, 1.807) is 44.2 Å². The van der Waals surface area contributed by atoms with Gasteiger partial charge in [0.1, 0.15) is 30.2 Å². The number of nitrogens with one attached hydrogen (secondary N) is 5. The summed E-state index contributed by atoms with van der Waals surface area (Å²) in [6.07, 6.45) is 4.23. The van der Waals surface area contributed by atoms with Crippen molar-refractivity contribution in [1.82, 2.24) is 31.5 Å². The highest BCUT2D eigenvalue weighted by atomic mass is 35.5. The number of aliphatic hydroxyl groups excluding tert-OH is 1. The average molecular weight is 797 g/mol. The van der Waals surface area contributed by atoms with Gasteiger partial charge < -0.3 is 48.1 Å². The van der Waals surface area contributed by atoms with E-state index in [9.17, 15) is 38.7 Å². The van der Waals surface area contributed by atoms with E-state index in [1.807, 2.05) is 6.26 Å². The lowest BCUT2D eigenvalue weighted by atomic mass is 10.0. The number of carbonyl (C=O) groups excluding carboxylic acids is 7. The molecule has 18 heteroatoms. The van der Waals surface area contributed by atoms with Gasteiger partial charge in [0, 0.05) is 13.0 Å². The van der Waals surface area contributed by atoms with Crippen molar-refractivity contribution < 1.29 is 38.7 Å². The van der Waals surface area contributed by atoms with Crippen LogP contribution in [0.2, 0.25) is 0 Å². The van der Waals surface area contributed by atoms with E-state index in [1.165, 1.54) is 16.7 Å². The Morgan fingerprint density at radius 2 is 1.57 bits per heavy atom. The number of unbranched alkanes of at least 4 members (excludes halogenated alkanes) is 1. The fourth-order valence-corrected chi connectivity index (χ4v) is 6.59. The zero-order valence-electron chi connectivity index (χ0n) is 31.3. The number of aliphatic hydroxyl groups is 1. The molecule has 6 amide bonds. The minimum Gasteiger partial charge on any atom is -0.394 e. The van der Waals surface area contributed by atoms with Crippen LogP contribution in [0.4, 0.5) is 0 Å². The molecule has 0 spiro atoms. The highest BCUT2D eigenvalue weighted by Crippen LogP contribution is 2.19. The van der Waals surface area contributed by atoms with Gasteiger partial charge in [0.05, 0.1) is 25.1 Å². The molecule has 0 radical (unpaired) electrons. The SMILES string of the molecule is CSCC[C@H](NC(=O)[C@@H]1CCCN1C(=O)[C@@H](N)CO)C(=O)N[C@@H](Cc1ccccc1)C(=O)N[C@@H](CCCCN)C(=O)NCC(=O)N[C@H](C(=O)CCl)C(C)C. The van der Waals surface area contributed by atoms with Crippen molar-refractivity contribution in [2.75, 3.05) is 44.1 Å². The van der Waals surface area contributed by atoms with Gasteiger partial charge in [0.15, 0.2) is 5.78 Å². The van der Waals surface area contributed by atoms with E-state index < -0.39 is 84.8 Å². The summed E-state index contributed by atoms with van der Waals surface area (Å²) in [6, 6.07) is 2.71. The second-order valence-electron chi connectivity index (χ2n) is 13.5. The molecule has 1 aromatic carbocycles. The Kier molecular flexibility index (Phi) is 21.1. The van der Waals surface area contributed by atoms with Gasteiger partial charge in [-0.1, -0.05) is 44.2 Å². The number of Topliss-reactive ketones (excluding diaryl/α,β-unsaturated/α-hetero) is 1. The number of nitrogens with zero attached hydrogens (tertiary/aromatic N) is 1. The first-order valence-electron chi connectivity index (χ1n) is 18.2. The van der Waals surface area contributed by atoms with E-state index in [2.05, 4.69) is 26.6 Å². The van der Waals surface area contributed by atoms with Gasteiger partial charge in [-0.15, -0.1) is 11.6 Å². The summed E-state index contributed by atoms with van der Waals surface area (Å²) in [7, 11) is 0. The summed E-state index contributed by atoms with van der Waals surface area (Å²) in [5, 5.41) is 22.8. The third-order valence-electron chi connectivity index (χ3n) is 8.98. The molecule has 1 fully saturated rings. The number of amides is 6. The summed E-state index contributed by atoms with van der Waals surface area (Å²) in [5.74, 6) is -4.06. The molecule has 1 aromatic rings. The number of halogens is 1. The smallest absolute Gasteiger partial charge is 0.243 e. The Bertz CT molecular complexity index is 1410. The number of likely N-dealkylation sites (tertiary alicyclic amines) is 1. The number of rotatable bonds is 24. The number of hydrogen-bond acceptors (Lipinski definition) is 11. The molecular formula is C36H57ClN8O8S. The Balaban J connectivity index is 2.27. The summed E-state index contributed by atoms with van der Waals surface area (Å²) >= 11 is 7.15. The molecule has 1 heterocycles. The van der Waals surface area contributed by atoms with Crippen molar-refractivity contribution in [2.24, 2.45) is 17.4 Å². The van der Waals surface area contributed by atoms with Crippen molar-refractivity contribution in [3.05, 3.63) is 35.9 Å². The molecule has 1 aliphatic heterocycles. The molecule has 0 unspecified atom stereocenters. The molecule has 54 heavy (non-hydrogen) atoms. The number of benzene rings is 1. The van der Waals surface area contributed by atoms with Crippen molar-refractivity contribution in [1.29, 1.82) is 0 Å². The van der Waals surface area contributed by atoms with Crippen molar-refractivity contribution in [3.8, 4) is 0 Å². The Labute approximate surface area is 326 Å². The van der Waals surface area contributed by atoms with E-state index in [0.717, 1.165) is 5.56 Å². The lowest BCUT2D eigenvalue weighted by Gasteiger charge is -2.29. The number of alkyl halides is 1. The maximum absolute atomic E-state index is 13.9. The number of hydrogen-bond donors (Lipinski definition) is 8. The molecule has 0 saturated carbocycles. The average Bonchev–Trinajstić information content (AvgIpc) is 3.66. The molecule has 1 aliphatic rings. The number of thioether (sulfide) groups is 1. The van der Waals surface area contributed by atoms with Gasteiger partial charge in [-0.25, -0.2) is 0 Å². The van der Waals surface area contributed by atoms with E-state index in [4.69, 9.17) is 23.1 Å². The fourth-order valence-electron chi connectivity index (χ4n) is 5.95. The highest BCUT2D eigenvalue weighted by molar-refractivity contribution is 7.98. The maximum atomic E-state index is 13.9. The fraction of sp³-hybridized carbons (Fsp3) is 0.639. The van der Waals surface area contributed by atoms with Crippen LogP contribution in [0, 0.1) is 5.92 Å². The van der Waals surface area contributed by atoms with Gasteiger partial charge in [-0.2, -0.15) is 11.8 Å². The van der Waals surface area contributed by atoms with Crippen LogP contribution in [0.15, 0.2) is 30.3 Å². The van der Waals surface area contributed by atoms with Gasteiger partial charge in [0.25, 0.3) is 0 Å². The van der Waals surface area contributed by atoms with E-state index >= 15 is 0 Å². The topological polar surface area (TPSA) is 255 Å². The van der Waals surface area contributed by atoms with Crippen molar-refractivity contribution >= 4 is 64.6 Å². The molecule has 2 rings (SSSR count). The van der Waals surface area contributed by atoms with Crippen LogP contribution in [0.5, 0.6) is 0 Å². The first kappa shape index (κ1) is 46.4. The van der Waals surface area contributed by atoms with Crippen molar-refractivity contribution in [2.45, 2.75) is 95.0 Å². The quantitative estimate of drug-likeness (QED) is 0.0462. The van der Waals surface area contributed by atoms with E-state index in [0.29, 0.717) is 38.0 Å². The molecule has 302 valence electrons. The predicted octanol–water partition coefficient (Wildman–Crippen LogP) is -1.06. The van der Waals surface area contributed by atoms with Crippen LogP contribution in [0.25, 0.3) is 0 Å². The first-order valence-corrected chi connectivity index (χ1v) is 20.2. The van der Waals surface area contributed by atoms with Gasteiger partial charge in [0.2, 0.25) is 35.4 Å². The van der Waals surface area contributed by atoms with Crippen LogP contribution in [-0.2, 0) is 40.0 Å². The van der Waals surface area contributed by atoms with E-state index in [-0.39, 0.29) is 43.4 Å². The summed E-state index contributed by atoms with van der Waals surface area (Å²) < 4.78 is 0. The van der Waals surface area contributed by atoms with Crippen LogP contribution >= 0.6 is 23.4 Å². The third kappa shape index (κ3) is 15.2. The predicted molar refractivity (Wildman–Crippen MR) is 207 cm³/mol. The number of carbonyl (C=O) groups is 7. The highest BCUT2D eigenvalue weighted by Gasteiger charge is 2.38. The third-order valence-corrected chi connectivity index (χ3v) is 9.88. The maximum Gasteiger partial charge on any atom is 0.243 e. The summed E-state index contributed by atoms with van der Waals surface area (Å²) in [6.45, 7) is 3.10. The molecular weight excluding hydrogens is 740 g/mol. The normalized spacial score (nSPS) is 16.7. The number of nitrogens with two attached hydrogens (primary N) is 2. The molecule has 16 nitrogen and oxygen atoms in total. The Hall–Kier alpha value is -3.77. The molecule has 10 N–H and O–H groups in total. The van der Waals surface area contributed by atoms with Crippen LogP contribution < -0.4 is 38.1 Å². The Morgan fingerprint density at radius 3 is 2.19 bits per heavy atom. The second-order valence-corrected chi connectivity index (χ2v) is 14.8. The Morgan fingerprint density at radius 1 is 0.926 bits per heavy atom. The standard InChI is InChI=1S/C36H57ClN8O8S/c1-22(2)31(29(47)19-37)44-30(48)20-40-32(49)25(12-7-8-15-38)41-34(51)27(18-23-10-5-4-6-11-23)43-33(50)26(14-17-54-3)42-35(52)28-13-9-16-45(28)36(53)24(39)21-46/h4-6,10-11,22,24-28,31,46H,7-9,12-21,38-39H2,1-3H3,(H,40,49)(H,41,51)(H,42,52)(H,43,50)(H,44,48)/t24-,25-,26-,27-,28-,31-/m0/s1. The molecule has 1 saturated heterocycles. The van der Waals surface area contributed by atoms with Crippen molar-refractivity contribution in [3.63, 3.8) is 0 Å². The van der Waals surface area contributed by atoms with Crippen LogP contribution in [-0.4, -0.2) is 132 Å². The minimum atomic E-state index is -1.18. The summed E-state index contributed by atoms with van der Waals surface area (Å²) in [5.41, 5.74) is 12.1. The largest absolute Gasteiger partial charge is 0.394 e. The van der Waals surface area contributed by atoms with Gasteiger partial charge >= 0.3 is 0 Å². The molecule has 6 atom stereocenters. The zero-order chi connectivity index (χ0) is 40.2. The van der Waals surface area contributed by atoms with Crippen LogP contribution in [0.3, 0.4) is 0 Å². The van der Waals surface area contributed by atoms with Gasteiger partial charge in [-0.3, -0.25) is 33.6 Å². The minimum absolute atomic E-state index is 0.0519. The van der Waals surface area contributed by atoms with Gasteiger partial charge in [-0.05, 0) is 68.6 Å². The van der Waals surface area contributed by atoms with Crippen LogP contribution in [0.1, 0.15) is 57.9 Å². The zero-order valence-corrected chi connectivity index (χ0v) is 32.9. The summed E-state index contributed by atoms with van der Waals surface area (Å²) in [4.78, 5) is 93.6. The monoisotopic (exact) mass is 796 g/mol.